The Bertz CT molecular complexity index is 1160. The first-order valence-corrected chi connectivity index (χ1v) is 15.4. The van der Waals surface area contributed by atoms with E-state index in [1.807, 2.05) is 54.2 Å². The molecule has 4 rings (SSSR count). The van der Waals surface area contributed by atoms with Gasteiger partial charge >= 0.3 is 6.36 Å². The average molecular weight is 620 g/mol. The number of carbonyl (C=O) groups is 2. The quantitative estimate of drug-likeness (QED) is 0.433. The highest BCUT2D eigenvalue weighted by Gasteiger charge is 2.32. The zero-order chi connectivity index (χ0) is 32.4. The average Bonchev–Trinajstić information content (AvgIpc) is 2.98. The number of ether oxygens (including phenoxy) is 1. The Morgan fingerprint density at radius 1 is 0.750 bits per heavy atom. The highest BCUT2D eigenvalue weighted by molar-refractivity contribution is 5.83. The van der Waals surface area contributed by atoms with Crippen molar-refractivity contribution in [2.75, 3.05) is 66.5 Å². The van der Waals surface area contributed by atoms with Crippen LogP contribution in [0.2, 0.25) is 0 Å². The molecular weight excluding hydrogens is 571 g/mol. The van der Waals surface area contributed by atoms with Crippen LogP contribution in [0.15, 0.2) is 54.6 Å². The third kappa shape index (κ3) is 10.8. The van der Waals surface area contributed by atoms with Crippen LogP contribution in [0.5, 0.6) is 5.75 Å². The van der Waals surface area contributed by atoms with Gasteiger partial charge in [-0.15, -0.1) is 13.2 Å². The number of halogens is 3. The maximum atomic E-state index is 12.9. The Hall–Kier alpha value is -3.15. The van der Waals surface area contributed by atoms with Crippen LogP contribution in [0.4, 0.5) is 13.2 Å². The molecule has 0 radical (unpaired) electrons. The number of amides is 2. The number of hydrogen-bond donors (Lipinski definition) is 0. The molecule has 1 atom stereocenters. The van der Waals surface area contributed by atoms with Crippen LogP contribution in [-0.4, -0.2) is 121 Å². The molecule has 0 bridgehead atoms. The molecule has 0 N–H and O–H groups in total. The molecule has 244 valence electrons. The Balaban J connectivity index is 0.000000241. The van der Waals surface area contributed by atoms with Crippen LogP contribution in [-0.2, 0) is 16.0 Å². The lowest BCUT2D eigenvalue weighted by molar-refractivity contribution is -0.274. The number of benzene rings is 2. The van der Waals surface area contributed by atoms with Gasteiger partial charge in [0.1, 0.15) is 11.8 Å². The molecule has 2 saturated heterocycles. The third-order valence-electron chi connectivity index (χ3n) is 8.13. The second kappa shape index (κ2) is 16.2. The molecule has 8 nitrogen and oxygen atoms in total. The monoisotopic (exact) mass is 619 g/mol. The zero-order valence-electron chi connectivity index (χ0n) is 26.9. The number of piperazine rings is 2. The van der Waals surface area contributed by atoms with Crippen LogP contribution < -0.4 is 4.74 Å². The van der Waals surface area contributed by atoms with E-state index in [0.29, 0.717) is 30.7 Å². The SMILES string of the molecule is CC(C)N1CCN(C(=O)C(c2ccccc2)N(C)C)CC1.CC(C)N1CCN(C(=O)Cc2ccc(OC(F)(F)F)cc2)CC1. The van der Waals surface area contributed by atoms with E-state index < -0.39 is 6.36 Å². The third-order valence-corrected chi connectivity index (χ3v) is 8.13. The van der Waals surface area contributed by atoms with Crippen molar-refractivity contribution in [2.24, 2.45) is 0 Å². The number of alkyl halides is 3. The standard InChI is InChI=1S/C17H27N3O.C16H21F3N2O2/c1-14(2)19-10-12-20(13-11-19)17(21)16(18(3)4)15-8-6-5-7-9-15;1-12(2)20-7-9-21(10-8-20)15(22)11-13-3-5-14(6-4-13)23-16(17,18)19/h5-9,14,16H,10-13H2,1-4H3;3-6,12H,7-11H2,1-2H3. The molecule has 44 heavy (non-hydrogen) atoms. The molecule has 2 aliphatic rings. The fourth-order valence-electron chi connectivity index (χ4n) is 5.51. The lowest BCUT2D eigenvalue weighted by atomic mass is 10.0. The van der Waals surface area contributed by atoms with E-state index in [-0.39, 0.29) is 30.0 Å². The van der Waals surface area contributed by atoms with Gasteiger partial charge in [0.25, 0.3) is 0 Å². The minimum atomic E-state index is -4.70. The predicted octanol–water partition coefficient (Wildman–Crippen LogP) is 4.52. The minimum absolute atomic E-state index is 0.00195. The molecule has 0 spiro atoms. The van der Waals surface area contributed by atoms with Crippen LogP contribution in [0, 0.1) is 0 Å². The van der Waals surface area contributed by atoms with Crippen molar-refractivity contribution in [3.05, 3.63) is 65.7 Å². The summed E-state index contributed by atoms with van der Waals surface area (Å²) >= 11 is 0. The normalized spacial score (nSPS) is 17.5. The summed E-state index contributed by atoms with van der Waals surface area (Å²) in [5.41, 5.74) is 1.75. The Morgan fingerprint density at radius 3 is 1.66 bits per heavy atom. The van der Waals surface area contributed by atoms with Crippen molar-refractivity contribution >= 4 is 11.8 Å². The fraction of sp³-hybridized carbons (Fsp3) is 0.576. The van der Waals surface area contributed by atoms with Crippen LogP contribution >= 0.6 is 0 Å². The topological polar surface area (TPSA) is 59.6 Å². The molecule has 1 unspecified atom stereocenters. The first kappa shape index (κ1) is 35.3. The van der Waals surface area contributed by atoms with Crippen molar-refractivity contribution in [1.82, 2.24) is 24.5 Å². The fourth-order valence-corrected chi connectivity index (χ4v) is 5.51. The molecular formula is C33H48F3N5O3. The highest BCUT2D eigenvalue weighted by atomic mass is 19.4. The minimum Gasteiger partial charge on any atom is -0.406 e. The van der Waals surface area contributed by atoms with E-state index in [1.54, 1.807) is 4.90 Å². The maximum absolute atomic E-state index is 12.9. The lowest BCUT2D eigenvalue weighted by Crippen LogP contribution is -2.52. The smallest absolute Gasteiger partial charge is 0.406 e. The zero-order valence-corrected chi connectivity index (χ0v) is 26.9. The van der Waals surface area contributed by atoms with Crippen LogP contribution in [0.3, 0.4) is 0 Å². The van der Waals surface area contributed by atoms with Crippen LogP contribution in [0.1, 0.15) is 44.9 Å². The van der Waals surface area contributed by atoms with E-state index in [2.05, 4.69) is 42.2 Å². The molecule has 2 aliphatic heterocycles. The van der Waals surface area contributed by atoms with E-state index in [0.717, 1.165) is 44.8 Å². The van der Waals surface area contributed by atoms with Gasteiger partial charge in [0.15, 0.2) is 0 Å². The lowest BCUT2D eigenvalue weighted by Gasteiger charge is -2.39. The van der Waals surface area contributed by atoms with Gasteiger partial charge in [-0.3, -0.25) is 24.3 Å². The largest absolute Gasteiger partial charge is 0.573 e. The number of hydrogen-bond acceptors (Lipinski definition) is 6. The second-order valence-electron chi connectivity index (χ2n) is 12.1. The van der Waals surface area contributed by atoms with E-state index in [1.165, 1.54) is 24.3 Å². The Kier molecular flexibility index (Phi) is 13.0. The molecule has 0 saturated carbocycles. The summed E-state index contributed by atoms with van der Waals surface area (Å²) in [6.07, 6.45) is -4.51. The molecule has 2 aromatic carbocycles. The molecule has 2 heterocycles. The molecule has 11 heteroatoms. The summed E-state index contributed by atoms with van der Waals surface area (Å²) in [4.78, 5) is 35.7. The van der Waals surface area contributed by atoms with E-state index in [4.69, 9.17) is 0 Å². The second-order valence-corrected chi connectivity index (χ2v) is 12.1. The molecule has 2 fully saturated rings. The van der Waals surface area contributed by atoms with Gasteiger partial charge in [0, 0.05) is 64.4 Å². The van der Waals surface area contributed by atoms with Crippen molar-refractivity contribution < 1.29 is 27.5 Å². The maximum Gasteiger partial charge on any atom is 0.573 e. The summed E-state index contributed by atoms with van der Waals surface area (Å²) in [6.45, 7) is 15.3. The summed E-state index contributed by atoms with van der Waals surface area (Å²) < 4.78 is 40.1. The van der Waals surface area contributed by atoms with Crippen molar-refractivity contribution in [2.45, 2.75) is 58.6 Å². The van der Waals surface area contributed by atoms with Crippen molar-refractivity contribution in [3.8, 4) is 5.75 Å². The summed E-state index contributed by atoms with van der Waals surface area (Å²) in [5.74, 6) is -0.0632. The molecule has 2 aromatic rings. The Morgan fingerprint density at radius 2 is 1.23 bits per heavy atom. The van der Waals surface area contributed by atoms with Gasteiger partial charge < -0.3 is 14.5 Å². The number of rotatable bonds is 8. The number of nitrogens with zero attached hydrogens (tertiary/aromatic N) is 5. The van der Waals surface area contributed by atoms with Gasteiger partial charge in [0.2, 0.25) is 11.8 Å². The van der Waals surface area contributed by atoms with Gasteiger partial charge in [-0.1, -0.05) is 42.5 Å². The molecule has 2 amide bonds. The van der Waals surface area contributed by atoms with Crippen molar-refractivity contribution in [1.29, 1.82) is 0 Å². The Labute approximate surface area is 260 Å². The number of likely N-dealkylation sites (N-methyl/N-ethyl adjacent to an activating group) is 1. The van der Waals surface area contributed by atoms with Gasteiger partial charge in [-0.2, -0.15) is 0 Å². The summed E-state index contributed by atoms with van der Waals surface area (Å²) in [7, 11) is 3.94. The summed E-state index contributed by atoms with van der Waals surface area (Å²) in [5, 5.41) is 0. The first-order valence-electron chi connectivity index (χ1n) is 15.4. The van der Waals surface area contributed by atoms with E-state index >= 15 is 0 Å². The van der Waals surface area contributed by atoms with Gasteiger partial charge in [-0.05, 0) is 65.0 Å². The van der Waals surface area contributed by atoms with Crippen molar-refractivity contribution in [3.63, 3.8) is 0 Å². The van der Waals surface area contributed by atoms with Gasteiger partial charge in [0.05, 0.1) is 6.42 Å². The van der Waals surface area contributed by atoms with Crippen LogP contribution in [0.25, 0.3) is 0 Å². The summed E-state index contributed by atoms with van der Waals surface area (Å²) in [6, 6.07) is 16.3. The number of carbonyl (C=O) groups excluding carboxylic acids is 2. The first-order chi connectivity index (χ1) is 20.7. The van der Waals surface area contributed by atoms with Gasteiger partial charge in [-0.25, -0.2) is 0 Å². The molecule has 0 aliphatic carbocycles. The van der Waals surface area contributed by atoms with E-state index in [9.17, 15) is 22.8 Å². The predicted molar refractivity (Wildman–Crippen MR) is 166 cm³/mol. The highest BCUT2D eigenvalue weighted by Crippen LogP contribution is 2.24. The molecule has 0 aromatic heterocycles.